The van der Waals surface area contributed by atoms with Gasteiger partial charge in [-0.15, -0.1) is 0 Å². The van der Waals surface area contributed by atoms with Crippen molar-refractivity contribution >= 4 is 23.5 Å². The molecular formula is C22H22ClFN4O3. The molecule has 0 spiro atoms. The molecule has 162 valence electrons. The molecule has 0 N–H and O–H groups in total. The van der Waals surface area contributed by atoms with Gasteiger partial charge in [0.2, 0.25) is 0 Å². The Morgan fingerprint density at radius 3 is 2.65 bits per heavy atom. The van der Waals surface area contributed by atoms with E-state index in [2.05, 4.69) is 10.1 Å². The van der Waals surface area contributed by atoms with Gasteiger partial charge < -0.3 is 9.64 Å². The summed E-state index contributed by atoms with van der Waals surface area (Å²) in [6.07, 6.45) is 3.04. The number of halogens is 2. The number of amides is 1. The Morgan fingerprint density at radius 2 is 2.00 bits per heavy atom. The Balaban J connectivity index is 1.69. The molecule has 0 aliphatic heterocycles. The van der Waals surface area contributed by atoms with Crippen molar-refractivity contribution in [3.05, 3.63) is 76.5 Å². The van der Waals surface area contributed by atoms with E-state index in [-0.39, 0.29) is 28.6 Å². The molecule has 7 nitrogen and oxygen atoms in total. The number of aromatic nitrogens is 3. The van der Waals surface area contributed by atoms with Gasteiger partial charge in [0.25, 0.3) is 5.91 Å². The second-order valence-electron chi connectivity index (χ2n) is 7.22. The van der Waals surface area contributed by atoms with Crippen LogP contribution in [0.1, 0.15) is 41.4 Å². The quantitative estimate of drug-likeness (QED) is 0.515. The van der Waals surface area contributed by atoms with Gasteiger partial charge in [0.1, 0.15) is 11.4 Å². The molecule has 0 bridgehead atoms. The molecule has 0 radical (unpaired) electrons. The second-order valence-corrected chi connectivity index (χ2v) is 7.63. The van der Waals surface area contributed by atoms with Crippen molar-refractivity contribution in [2.45, 2.75) is 26.3 Å². The molecular weight excluding hydrogens is 423 g/mol. The van der Waals surface area contributed by atoms with Gasteiger partial charge in [0.15, 0.2) is 12.4 Å². The molecule has 0 aliphatic carbocycles. The van der Waals surface area contributed by atoms with Crippen molar-refractivity contribution < 1.29 is 18.7 Å². The molecule has 0 atom stereocenters. The molecule has 0 saturated carbocycles. The third-order valence-corrected chi connectivity index (χ3v) is 5.00. The molecule has 0 unspecified atom stereocenters. The lowest BCUT2D eigenvalue weighted by molar-refractivity contribution is -0.133. The lowest BCUT2D eigenvalue weighted by atomic mass is 10.1. The standard InChI is InChI=1S/C22H22ClFN4O3/c1-14(2)21-15(11-26-28(21)19-9-4-5-10-25-19)22(30)31-13-20(29)27(3)12-16-17(23)7-6-8-18(16)24/h4-11,14H,12-13H2,1-3H3. The van der Waals surface area contributed by atoms with E-state index in [1.807, 2.05) is 19.9 Å². The van der Waals surface area contributed by atoms with Crippen LogP contribution < -0.4 is 0 Å². The number of hydrogen-bond donors (Lipinski definition) is 0. The van der Waals surface area contributed by atoms with Crippen molar-refractivity contribution in [2.24, 2.45) is 0 Å². The summed E-state index contributed by atoms with van der Waals surface area (Å²) < 4.78 is 20.7. The van der Waals surface area contributed by atoms with E-state index in [0.717, 1.165) is 0 Å². The maximum Gasteiger partial charge on any atom is 0.342 e. The third-order valence-electron chi connectivity index (χ3n) is 4.65. The highest BCUT2D eigenvalue weighted by atomic mass is 35.5. The fourth-order valence-corrected chi connectivity index (χ4v) is 3.28. The van der Waals surface area contributed by atoms with Crippen molar-refractivity contribution in [2.75, 3.05) is 13.7 Å². The minimum atomic E-state index is -0.670. The predicted molar refractivity (Wildman–Crippen MR) is 114 cm³/mol. The zero-order chi connectivity index (χ0) is 22.5. The predicted octanol–water partition coefficient (Wildman–Crippen LogP) is 4.00. The third kappa shape index (κ3) is 5.08. The number of benzene rings is 1. The largest absolute Gasteiger partial charge is 0.452 e. The van der Waals surface area contributed by atoms with E-state index >= 15 is 0 Å². The number of carbonyl (C=O) groups excluding carboxylic acids is 2. The monoisotopic (exact) mass is 444 g/mol. The number of rotatable bonds is 7. The second kappa shape index (κ2) is 9.70. The number of nitrogens with zero attached hydrogens (tertiary/aromatic N) is 4. The summed E-state index contributed by atoms with van der Waals surface area (Å²) in [5, 5.41) is 4.49. The van der Waals surface area contributed by atoms with Crippen LogP contribution in [0.3, 0.4) is 0 Å². The Labute approximate surface area is 184 Å². The molecule has 3 aromatic rings. The summed E-state index contributed by atoms with van der Waals surface area (Å²) in [6, 6.07) is 9.69. The number of esters is 1. The van der Waals surface area contributed by atoms with E-state index in [1.165, 1.54) is 30.3 Å². The lowest BCUT2D eigenvalue weighted by Gasteiger charge is -2.18. The van der Waals surface area contributed by atoms with Crippen molar-refractivity contribution in [3.8, 4) is 5.82 Å². The average Bonchev–Trinajstić information content (AvgIpc) is 3.20. The van der Waals surface area contributed by atoms with E-state index < -0.39 is 24.3 Å². The lowest BCUT2D eigenvalue weighted by Crippen LogP contribution is -2.31. The van der Waals surface area contributed by atoms with E-state index in [9.17, 15) is 14.0 Å². The SMILES string of the molecule is CC(C)c1c(C(=O)OCC(=O)N(C)Cc2c(F)cccc2Cl)cnn1-c1ccccn1. The van der Waals surface area contributed by atoms with Gasteiger partial charge in [-0.1, -0.05) is 37.6 Å². The van der Waals surface area contributed by atoms with Crippen molar-refractivity contribution in [1.82, 2.24) is 19.7 Å². The summed E-state index contributed by atoms with van der Waals surface area (Å²) in [4.78, 5) is 30.6. The Bertz CT molecular complexity index is 1070. The number of carbonyl (C=O) groups is 2. The molecule has 31 heavy (non-hydrogen) atoms. The Kier molecular flexibility index (Phi) is 7.02. The molecule has 0 saturated heterocycles. The molecule has 0 aliphatic rings. The zero-order valence-corrected chi connectivity index (χ0v) is 18.1. The normalized spacial score (nSPS) is 10.9. The minimum absolute atomic E-state index is 0.0449. The smallest absolute Gasteiger partial charge is 0.342 e. The van der Waals surface area contributed by atoms with E-state index in [1.54, 1.807) is 29.1 Å². The molecule has 0 fully saturated rings. The van der Waals surface area contributed by atoms with Crippen molar-refractivity contribution in [1.29, 1.82) is 0 Å². The van der Waals surface area contributed by atoms with Crippen LogP contribution in [0.25, 0.3) is 5.82 Å². The van der Waals surface area contributed by atoms with Crippen LogP contribution >= 0.6 is 11.6 Å². The van der Waals surface area contributed by atoms with Crippen LogP contribution in [-0.4, -0.2) is 45.2 Å². The van der Waals surface area contributed by atoms with Gasteiger partial charge in [-0.2, -0.15) is 5.10 Å². The Hall–Kier alpha value is -3.26. The first-order valence-corrected chi connectivity index (χ1v) is 10.0. The van der Waals surface area contributed by atoms with Gasteiger partial charge in [-0.05, 0) is 30.2 Å². The van der Waals surface area contributed by atoms with E-state index in [4.69, 9.17) is 16.3 Å². The van der Waals surface area contributed by atoms with Crippen molar-refractivity contribution in [3.63, 3.8) is 0 Å². The summed E-state index contributed by atoms with van der Waals surface area (Å²) in [5.41, 5.74) is 1.08. The highest BCUT2D eigenvalue weighted by Crippen LogP contribution is 2.23. The topological polar surface area (TPSA) is 77.3 Å². The van der Waals surface area contributed by atoms with Crippen LogP contribution in [0.4, 0.5) is 4.39 Å². The highest BCUT2D eigenvalue weighted by Gasteiger charge is 2.24. The Morgan fingerprint density at radius 1 is 1.23 bits per heavy atom. The number of ether oxygens (including phenoxy) is 1. The fraction of sp³-hybridized carbons (Fsp3) is 0.273. The maximum atomic E-state index is 13.9. The summed E-state index contributed by atoms with van der Waals surface area (Å²) >= 11 is 6.01. The molecule has 1 aromatic carbocycles. The molecule has 9 heteroatoms. The first-order valence-electron chi connectivity index (χ1n) is 9.63. The average molecular weight is 445 g/mol. The van der Waals surface area contributed by atoms with Gasteiger partial charge >= 0.3 is 5.97 Å². The molecule has 1 amide bonds. The first kappa shape index (κ1) is 22.4. The van der Waals surface area contributed by atoms with E-state index in [0.29, 0.717) is 11.5 Å². The summed E-state index contributed by atoms with van der Waals surface area (Å²) in [5.74, 6) is -1.14. The number of likely N-dealkylation sites (N-methyl/N-ethyl adjacent to an activating group) is 1. The number of hydrogen-bond acceptors (Lipinski definition) is 5. The van der Waals surface area contributed by atoms with Gasteiger partial charge in [-0.25, -0.2) is 18.9 Å². The minimum Gasteiger partial charge on any atom is -0.452 e. The number of pyridine rings is 1. The van der Waals surface area contributed by atoms with Crippen LogP contribution in [0.2, 0.25) is 5.02 Å². The fourth-order valence-electron chi connectivity index (χ4n) is 3.06. The van der Waals surface area contributed by atoms with Gasteiger partial charge in [-0.3, -0.25) is 4.79 Å². The summed E-state index contributed by atoms with van der Waals surface area (Å²) in [6.45, 7) is 3.30. The molecule has 3 rings (SSSR count). The van der Waals surface area contributed by atoms with Gasteiger partial charge in [0, 0.05) is 30.4 Å². The van der Waals surface area contributed by atoms with Crippen LogP contribution in [0.15, 0.2) is 48.8 Å². The van der Waals surface area contributed by atoms with Crippen LogP contribution in [0.5, 0.6) is 0 Å². The first-order chi connectivity index (χ1) is 14.8. The maximum absolute atomic E-state index is 13.9. The summed E-state index contributed by atoms with van der Waals surface area (Å²) in [7, 11) is 1.48. The molecule has 2 aromatic heterocycles. The van der Waals surface area contributed by atoms with Crippen LogP contribution in [-0.2, 0) is 16.1 Å². The highest BCUT2D eigenvalue weighted by molar-refractivity contribution is 6.31. The molecule has 2 heterocycles. The zero-order valence-electron chi connectivity index (χ0n) is 17.4. The van der Waals surface area contributed by atoms with Crippen LogP contribution in [0, 0.1) is 5.82 Å². The van der Waals surface area contributed by atoms with Gasteiger partial charge in [0.05, 0.1) is 11.9 Å².